The molecule has 3 aromatic rings. The number of nitrogens with zero attached hydrogens (tertiary/aromatic N) is 2. The largest absolute Gasteiger partial charge is 0.469 e. The fraction of sp³-hybridized carbons (Fsp3) is 0.276. The van der Waals surface area contributed by atoms with Crippen molar-refractivity contribution in [1.29, 1.82) is 0 Å². The van der Waals surface area contributed by atoms with E-state index in [9.17, 15) is 30.8 Å². The number of alkyl halides is 3. The summed E-state index contributed by atoms with van der Waals surface area (Å²) in [6.07, 6.45) is -2.84. The van der Waals surface area contributed by atoms with Gasteiger partial charge >= 0.3 is 12.1 Å². The van der Waals surface area contributed by atoms with E-state index in [1.54, 1.807) is 44.3 Å². The van der Waals surface area contributed by atoms with Crippen molar-refractivity contribution in [3.63, 3.8) is 0 Å². The van der Waals surface area contributed by atoms with Crippen molar-refractivity contribution in [3.05, 3.63) is 88.2 Å². The van der Waals surface area contributed by atoms with Crippen LogP contribution in [0.15, 0.2) is 65.6 Å². The molecule has 3 aromatic carbocycles. The van der Waals surface area contributed by atoms with Crippen molar-refractivity contribution in [2.45, 2.75) is 36.9 Å². The number of hydrogen-bond acceptors (Lipinski definition) is 5. The summed E-state index contributed by atoms with van der Waals surface area (Å²) >= 11 is 6.21. The van der Waals surface area contributed by atoms with Gasteiger partial charge in [-0.1, -0.05) is 35.9 Å². The van der Waals surface area contributed by atoms with Crippen molar-refractivity contribution >= 4 is 50.6 Å². The molecule has 0 N–H and O–H groups in total. The first-order valence-electron chi connectivity index (χ1n) is 12.5. The molecule has 0 spiro atoms. The summed E-state index contributed by atoms with van der Waals surface area (Å²) in [7, 11) is -1.49. The molecular weight excluding hydrogens is 584 g/mol. The van der Waals surface area contributed by atoms with E-state index in [1.807, 2.05) is 4.90 Å². The number of carbonyl (C=O) groups excluding carboxylic acids is 1. The van der Waals surface area contributed by atoms with Crippen LogP contribution in [-0.2, 0) is 25.7 Å². The Hall–Kier alpha value is -3.57. The molecule has 12 heteroatoms. The Morgan fingerprint density at radius 2 is 1.80 bits per heavy atom. The molecule has 41 heavy (non-hydrogen) atoms. The lowest BCUT2D eigenvalue weighted by Gasteiger charge is -2.42. The van der Waals surface area contributed by atoms with Gasteiger partial charge in [-0.25, -0.2) is 12.8 Å². The average Bonchev–Trinajstić information content (AvgIpc) is 2.91. The van der Waals surface area contributed by atoms with E-state index in [2.05, 4.69) is 0 Å². The van der Waals surface area contributed by atoms with Crippen LogP contribution in [0.3, 0.4) is 0 Å². The Bertz CT molecular complexity index is 1590. The standard InChI is InChI=1S/C29H27ClF4N2O4S/c1-18(28-23(30)8-5-9-24(28)31)14-19-10-12-25-26(15-19)36(17-21(35(25)2)11-13-27(37)40-3)41(38,39)22-7-4-6-20(16-22)29(32,33)34/h4-10,12,14-16,21H,11,13,17H2,1-3H3/b18-14+/t21-/m0/s1. The first-order chi connectivity index (χ1) is 19.2. The summed E-state index contributed by atoms with van der Waals surface area (Å²) in [5.74, 6) is -0.995. The van der Waals surface area contributed by atoms with Gasteiger partial charge in [0, 0.05) is 25.1 Å². The summed E-state index contributed by atoms with van der Waals surface area (Å²) in [6.45, 7) is 1.53. The van der Waals surface area contributed by atoms with Crippen LogP contribution in [0.4, 0.5) is 28.9 Å². The molecule has 0 radical (unpaired) electrons. The normalized spacial score (nSPS) is 16.0. The highest BCUT2D eigenvalue weighted by molar-refractivity contribution is 7.92. The number of carbonyl (C=O) groups is 1. The lowest BCUT2D eigenvalue weighted by atomic mass is 10.0. The third kappa shape index (κ3) is 6.36. The molecule has 0 aromatic heterocycles. The van der Waals surface area contributed by atoms with E-state index in [4.69, 9.17) is 16.3 Å². The first-order valence-corrected chi connectivity index (χ1v) is 14.3. The molecule has 1 atom stereocenters. The quantitative estimate of drug-likeness (QED) is 0.163. The number of sulfonamides is 1. The maximum atomic E-state index is 14.5. The zero-order valence-corrected chi connectivity index (χ0v) is 23.9. The number of esters is 1. The van der Waals surface area contributed by atoms with Crippen LogP contribution < -0.4 is 9.21 Å². The number of anilines is 2. The molecule has 1 heterocycles. The van der Waals surface area contributed by atoms with E-state index in [1.165, 1.54) is 19.2 Å². The SMILES string of the molecule is COC(=O)CC[C@H]1CN(S(=O)(=O)c2cccc(C(F)(F)F)c2)c2cc(/C=C(\C)c3c(F)cccc3Cl)ccc2N1C. The number of likely N-dealkylation sites (N-methyl/N-ethyl adjacent to an activating group) is 1. The van der Waals surface area contributed by atoms with Gasteiger partial charge in [0.05, 0.1) is 40.5 Å². The van der Waals surface area contributed by atoms with Gasteiger partial charge in [-0.3, -0.25) is 9.10 Å². The molecule has 6 nitrogen and oxygen atoms in total. The number of rotatable bonds is 7. The average molecular weight is 611 g/mol. The van der Waals surface area contributed by atoms with Crippen LogP contribution in [0.25, 0.3) is 11.6 Å². The van der Waals surface area contributed by atoms with Gasteiger partial charge < -0.3 is 9.64 Å². The number of ether oxygens (including phenoxy) is 1. The second-order valence-electron chi connectivity index (χ2n) is 9.61. The van der Waals surface area contributed by atoms with Crippen LogP contribution in [-0.4, -0.2) is 41.1 Å². The van der Waals surface area contributed by atoms with E-state index >= 15 is 0 Å². The van der Waals surface area contributed by atoms with E-state index in [0.717, 1.165) is 22.5 Å². The van der Waals surface area contributed by atoms with Gasteiger partial charge in [0.1, 0.15) is 5.82 Å². The number of halogens is 5. The van der Waals surface area contributed by atoms with Gasteiger partial charge in [-0.2, -0.15) is 13.2 Å². The Kier molecular flexibility index (Phi) is 8.70. The molecule has 4 rings (SSSR count). The predicted octanol–water partition coefficient (Wildman–Crippen LogP) is 7.03. The van der Waals surface area contributed by atoms with Gasteiger partial charge in [0.2, 0.25) is 0 Å². The highest BCUT2D eigenvalue weighted by Crippen LogP contribution is 2.41. The van der Waals surface area contributed by atoms with Gasteiger partial charge in [0.15, 0.2) is 0 Å². The number of fused-ring (bicyclic) bond motifs is 1. The van der Waals surface area contributed by atoms with Crippen LogP contribution in [0.1, 0.15) is 36.5 Å². The second kappa shape index (κ2) is 11.7. The van der Waals surface area contributed by atoms with Crippen molar-refractivity contribution in [2.24, 2.45) is 0 Å². The molecule has 0 saturated carbocycles. The van der Waals surface area contributed by atoms with Crippen molar-refractivity contribution in [3.8, 4) is 0 Å². The summed E-state index contributed by atoms with van der Waals surface area (Å²) in [5, 5.41) is 0.207. The molecule has 1 aliphatic rings. The zero-order chi connectivity index (χ0) is 30.1. The Labute approximate surface area is 240 Å². The first kappa shape index (κ1) is 30.4. The molecule has 0 saturated heterocycles. The Morgan fingerprint density at radius 1 is 1.10 bits per heavy atom. The van der Waals surface area contributed by atoms with Crippen LogP contribution in [0, 0.1) is 5.82 Å². The maximum Gasteiger partial charge on any atom is 0.416 e. The van der Waals surface area contributed by atoms with Gasteiger partial charge in [-0.15, -0.1) is 0 Å². The minimum atomic E-state index is -4.74. The van der Waals surface area contributed by atoms with E-state index in [-0.39, 0.29) is 35.7 Å². The molecule has 0 aliphatic carbocycles. The molecule has 1 aliphatic heterocycles. The third-order valence-corrected chi connectivity index (χ3v) is 9.06. The summed E-state index contributed by atoms with van der Waals surface area (Å²) < 4.78 is 88.4. The lowest BCUT2D eigenvalue weighted by molar-refractivity contribution is -0.141. The minimum Gasteiger partial charge on any atom is -0.469 e. The molecule has 0 fully saturated rings. The number of hydrogen-bond donors (Lipinski definition) is 0. The fourth-order valence-corrected chi connectivity index (χ4v) is 6.66. The van der Waals surface area contributed by atoms with Crippen molar-refractivity contribution < 1.29 is 35.5 Å². The summed E-state index contributed by atoms with van der Waals surface area (Å²) in [4.78, 5) is 13.1. The van der Waals surface area contributed by atoms with Gasteiger partial charge in [0.25, 0.3) is 10.0 Å². The smallest absolute Gasteiger partial charge is 0.416 e. The Morgan fingerprint density at radius 3 is 2.46 bits per heavy atom. The summed E-state index contributed by atoms with van der Waals surface area (Å²) in [5.41, 5.74) is 0.817. The van der Waals surface area contributed by atoms with Crippen LogP contribution in [0.5, 0.6) is 0 Å². The number of methoxy groups -OCH3 is 1. The topological polar surface area (TPSA) is 66.9 Å². The second-order valence-corrected chi connectivity index (χ2v) is 11.9. The molecule has 0 unspecified atom stereocenters. The highest BCUT2D eigenvalue weighted by Gasteiger charge is 2.38. The molecule has 0 bridgehead atoms. The molecule has 0 amide bonds. The van der Waals surface area contributed by atoms with Crippen LogP contribution >= 0.6 is 11.6 Å². The number of benzene rings is 3. The van der Waals surface area contributed by atoms with Crippen molar-refractivity contribution in [2.75, 3.05) is 29.9 Å². The molecular formula is C29H27ClF4N2O4S. The van der Waals surface area contributed by atoms with Crippen molar-refractivity contribution in [1.82, 2.24) is 0 Å². The lowest BCUT2D eigenvalue weighted by Crippen LogP contribution is -2.49. The third-order valence-electron chi connectivity index (χ3n) is 6.97. The fourth-order valence-electron chi connectivity index (χ4n) is 4.79. The Balaban J connectivity index is 1.83. The number of allylic oxidation sites excluding steroid dienone is 1. The predicted molar refractivity (Wildman–Crippen MR) is 151 cm³/mol. The highest BCUT2D eigenvalue weighted by atomic mass is 35.5. The van der Waals surface area contributed by atoms with Crippen LogP contribution in [0.2, 0.25) is 5.02 Å². The summed E-state index contributed by atoms with van der Waals surface area (Å²) in [6, 6.07) is 12.4. The monoisotopic (exact) mass is 610 g/mol. The minimum absolute atomic E-state index is 0.0156. The molecule has 218 valence electrons. The zero-order valence-electron chi connectivity index (χ0n) is 22.4. The van der Waals surface area contributed by atoms with Gasteiger partial charge in [-0.05, 0) is 66.9 Å². The van der Waals surface area contributed by atoms with E-state index in [0.29, 0.717) is 22.9 Å². The van der Waals surface area contributed by atoms with E-state index < -0.39 is 44.5 Å². The maximum absolute atomic E-state index is 14.5.